The van der Waals surface area contributed by atoms with Gasteiger partial charge in [-0.2, -0.15) is 0 Å². The second-order valence-electron chi connectivity index (χ2n) is 6.06. The molecule has 2 atom stereocenters. The molecule has 1 aromatic carbocycles. The van der Waals surface area contributed by atoms with Gasteiger partial charge in [-0.1, -0.05) is 6.08 Å². The van der Waals surface area contributed by atoms with Gasteiger partial charge in [0.05, 0.1) is 12.6 Å². The Morgan fingerprint density at radius 2 is 2.36 bits per heavy atom. The van der Waals surface area contributed by atoms with Crippen LogP contribution in [0.15, 0.2) is 31.0 Å². The first-order valence-electron chi connectivity index (χ1n) is 7.86. The van der Waals surface area contributed by atoms with Crippen LogP contribution in [0.5, 0.6) is 5.75 Å². The number of aromatic amines is 1. The summed E-state index contributed by atoms with van der Waals surface area (Å²) in [6, 6.07) is 4.20. The van der Waals surface area contributed by atoms with E-state index in [1.54, 1.807) is 7.11 Å². The highest BCUT2D eigenvalue weighted by Crippen LogP contribution is 2.30. The highest BCUT2D eigenvalue weighted by molar-refractivity contribution is 5.85. The molecule has 0 spiro atoms. The Labute approximate surface area is 130 Å². The molecule has 4 heteroatoms. The predicted octanol–water partition coefficient (Wildman–Crippen LogP) is 3.90. The van der Waals surface area contributed by atoms with Crippen LogP contribution < -0.4 is 4.74 Å². The van der Waals surface area contributed by atoms with Crippen LogP contribution in [0.4, 0.5) is 4.39 Å². The minimum Gasteiger partial charge on any atom is -0.497 e. The Kier molecular flexibility index (Phi) is 4.21. The fraction of sp³-hybridized carbons (Fsp3) is 0.444. The highest BCUT2D eigenvalue weighted by atomic mass is 19.1. The Balaban J connectivity index is 1.90. The number of H-pyrrole nitrogens is 1. The number of fused-ring (bicyclic) bond motifs is 1. The van der Waals surface area contributed by atoms with Gasteiger partial charge in [0, 0.05) is 29.7 Å². The predicted molar refractivity (Wildman–Crippen MR) is 87.9 cm³/mol. The number of nitrogens with zero attached hydrogens (tertiary/aromatic N) is 1. The van der Waals surface area contributed by atoms with Crippen molar-refractivity contribution in [3.05, 3.63) is 42.4 Å². The molecule has 0 aliphatic carbocycles. The van der Waals surface area contributed by atoms with Crippen molar-refractivity contribution in [1.29, 1.82) is 0 Å². The largest absolute Gasteiger partial charge is 0.497 e. The first kappa shape index (κ1) is 15.1. The summed E-state index contributed by atoms with van der Waals surface area (Å²) in [6.07, 6.45) is 7.24. The molecule has 1 saturated heterocycles. The zero-order valence-corrected chi connectivity index (χ0v) is 13.2. The summed E-state index contributed by atoms with van der Waals surface area (Å²) in [4.78, 5) is 5.56. The van der Waals surface area contributed by atoms with Crippen molar-refractivity contribution in [1.82, 2.24) is 9.88 Å². The summed E-state index contributed by atoms with van der Waals surface area (Å²) in [7, 11) is 1.57. The van der Waals surface area contributed by atoms with Crippen molar-refractivity contribution in [2.45, 2.75) is 38.3 Å². The van der Waals surface area contributed by atoms with Crippen LogP contribution in [0.3, 0.4) is 0 Å². The van der Waals surface area contributed by atoms with Gasteiger partial charge in [0.1, 0.15) is 5.75 Å². The lowest BCUT2D eigenvalue weighted by Crippen LogP contribution is -2.37. The van der Waals surface area contributed by atoms with Crippen molar-refractivity contribution in [3.63, 3.8) is 0 Å². The number of hydrogen-bond acceptors (Lipinski definition) is 2. The van der Waals surface area contributed by atoms with Gasteiger partial charge in [0.2, 0.25) is 0 Å². The molecule has 3 rings (SSSR count). The van der Waals surface area contributed by atoms with Gasteiger partial charge in [-0.15, -0.1) is 6.58 Å². The molecule has 2 aromatic rings. The van der Waals surface area contributed by atoms with Crippen LogP contribution in [0, 0.1) is 5.82 Å². The molecular formula is C18H23FN2O. The van der Waals surface area contributed by atoms with Gasteiger partial charge in [0.15, 0.2) is 5.82 Å². The molecule has 1 fully saturated rings. The lowest BCUT2D eigenvalue weighted by atomic mass is 10.0. The van der Waals surface area contributed by atoms with E-state index in [9.17, 15) is 4.39 Å². The Morgan fingerprint density at radius 1 is 1.55 bits per heavy atom. The second-order valence-corrected chi connectivity index (χ2v) is 6.06. The fourth-order valence-electron chi connectivity index (χ4n) is 3.51. The van der Waals surface area contributed by atoms with E-state index >= 15 is 0 Å². The molecule has 3 nitrogen and oxygen atoms in total. The SMILES string of the molecule is C=CC(C)N1CCC[C@@H]1Cc1c[nH]c2c(F)cc(OC)cc12. The molecule has 1 N–H and O–H groups in total. The number of nitrogens with one attached hydrogen (secondary N) is 1. The van der Waals surface area contributed by atoms with E-state index in [4.69, 9.17) is 4.74 Å². The molecule has 1 unspecified atom stereocenters. The van der Waals surface area contributed by atoms with Crippen LogP contribution in [-0.4, -0.2) is 35.6 Å². The van der Waals surface area contributed by atoms with E-state index in [1.165, 1.54) is 18.9 Å². The molecule has 1 aliphatic rings. The number of likely N-dealkylation sites (tertiary alicyclic amines) is 1. The minimum atomic E-state index is -0.261. The van der Waals surface area contributed by atoms with Crippen molar-refractivity contribution < 1.29 is 9.13 Å². The smallest absolute Gasteiger partial charge is 0.150 e. The summed E-state index contributed by atoms with van der Waals surface area (Å²) in [5, 5.41) is 0.926. The van der Waals surface area contributed by atoms with Crippen molar-refractivity contribution in [3.8, 4) is 5.75 Å². The average Bonchev–Trinajstić information content (AvgIpc) is 3.14. The van der Waals surface area contributed by atoms with Crippen molar-refractivity contribution >= 4 is 10.9 Å². The molecular weight excluding hydrogens is 279 g/mol. The number of benzene rings is 1. The van der Waals surface area contributed by atoms with Gasteiger partial charge in [-0.05, 0) is 44.4 Å². The molecule has 1 aromatic heterocycles. The molecule has 0 radical (unpaired) electrons. The molecule has 22 heavy (non-hydrogen) atoms. The van der Waals surface area contributed by atoms with Crippen LogP contribution in [0.1, 0.15) is 25.3 Å². The third kappa shape index (κ3) is 2.63. The maximum absolute atomic E-state index is 14.1. The number of ether oxygens (including phenoxy) is 1. The lowest BCUT2D eigenvalue weighted by molar-refractivity contribution is 0.221. The fourth-order valence-corrected chi connectivity index (χ4v) is 3.51. The molecule has 0 amide bonds. The van der Waals surface area contributed by atoms with Gasteiger partial charge >= 0.3 is 0 Å². The molecule has 1 aliphatic heterocycles. The number of hydrogen-bond donors (Lipinski definition) is 1. The lowest BCUT2D eigenvalue weighted by Gasteiger charge is -2.28. The van der Waals surface area contributed by atoms with Gasteiger partial charge < -0.3 is 9.72 Å². The van der Waals surface area contributed by atoms with E-state index < -0.39 is 0 Å². The monoisotopic (exact) mass is 302 g/mol. The van der Waals surface area contributed by atoms with Crippen LogP contribution in [-0.2, 0) is 6.42 Å². The van der Waals surface area contributed by atoms with E-state index in [0.717, 1.165) is 23.9 Å². The Bertz CT molecular complexity index is 679. The number of aromatic nitrogens is 1. The minimum absolute atomic E-state index is 0.261. The molecule has 118 valence electrons. The molecule has 0 bridgehead atoms. The Morgan fingerprint density at radius 3 is 3.09 bits per heavy atom. The second kappa shape index (κ2) is 6.13. The van der Waals surface area contributed by atoms with Crippen LogP contribution in [0.25, 0.3) is 10.9 Å². The standard InChI is InChI=1S/C18H23FN2O/c1-4-12(2)21-7-5-6-14(21)8-13-11-20-18-16(13)9-15(22-3)10-17(18)19/h4,9-12,14,20H,1,5-8H2,2-3H3/t12?,14-/m1/s1. The topological polar surface area (TPSA) is 28.3 Å². The third-order valence-corrected chi connectivity index (χ3v) is 4.78. The third-order valence-electron chi connectivity index (χ3n) is 4.78. The molecule has 2 heterocycles. The van der Waals surface area contributed by atoms with Gasteiger partial charge in [-0.3, -0.25) is 4.90 Å². The summed E-state index contributed by atoms with van der Waals surface area (Å²) in [6.45, 7) is 7.20. The number of rotatable bonds is 5. The summed E-state index contributed by atoms with van der Waals surface area (Å²) >= 11 is 0. The quantitative estimate of drug-likeness (QED) is 0.849. The summed E-state index contributed by atoms with van der Waals surface area (Å²) in [5.74, 6) is 0.303. The summed E-state index contributed by atoms with van der Waals surface area (Å²) in [5.41, 5.74) is 1.72. The van der Waals surface area contributed by atoms with E-state index in [-0.39, 0.29) is 5.82 Å². The maximum Gasteiger partial charge on any atom is 0.150 e. The Hall–Kier alpha value is -1.81. The van der Waals surface area contributed by atoms with E-state index in [1.807, 2.05) is 18.3 Å². The average molecular weight is 302 g/mol. The maximum atomic E-state index is 14.1. The molecule has 0 saturated carbocycles. The first-order chi connectivity index (χ1) is 10.6. The zero-order valence-electron chi connectivity index (χ0n) is 13.2. The van der Waals surface area contributed by atoms with Crippen molar-refractivity contribution in [2.24, 2.45) is 0 Å². The number of halogens is 1. The van der Waals surface area contributed by atoms with Gasteiger partial charge in [-0.25, -0.2) is 4.39 Å². The summed E-state index contributed by atoms with van der Waals surface area (Å²) < 4.78 is 19.3. The van der Waals surface area contributed by atoms with Crippen molar-refractivity contribution in [2.75, 3.05) is 13.7 Å². The first-order valence-corrected chi connectivity index (χ1v) is 7.86. The van der Waals surface area contributed by atoms with E-state index in [0.29, 0.717) is 23.3 Å². The highest BCUT2D eigenvalue weighted by Gasteiger charge is 2.28. The van der Waals surface area contributed by atoms with Gasteiger partial charge in [0.25, 0.3) is 0 Å². The van der Waals surface area contributed by atoms with E-state index in [2.05, 4.69) is 23.4 Å². The zero-order chi connectivity index (χ0) is 15.7. The van der Waals surface area contributed by atoms with Crippen LogP contribution in [0.2, 0.25) is 0 Å². The normalized spacial score (nSPS) is 20.4. The number of methoxy groups -OCH3 is 1. The van der Waals surface area contributed by atoms with Crippen LogP contribution >= 0.6 is 0 Å².